The topological polar surface area (TPSA) is 82.5 Å². The first-order valence-corrected chi connectivity index (χ1v) is 4.18. The van der Waals surface area contributed by atoms with E-state index in [-0.39, 0.29) is 11.7 Å². The zero-order valence-electron chi connectivity index (χ0n) is 8.39. The molecule has 0 saturated heterocycles. The largest absolute Gasteiger partial charge is 0.477 e. The zero-order valence-corrected chi connectivity index (χ0v) is 8.39. The highest BCUT2D eigenvalue weighted by molar-refractivity contribution is 5.91. The van der Waals surface area contributed by atoms with Gasteiger partial charge in [-0.1, -0.05) is 0 Å². The number of hydrogen-bond acceptors (Lipinski definition) is 3. The predicted molar refractivity (Wildman–Crippen MR) is 53.9 cm³/mol. The molecular formula is C9H11N3O3. The number of nitrogens with one attached hydrogen (secondary N) is 1. The average molecular weight is 209 g/mol. The van der Waals surface area contributed by atoms with Crippen molar-refractivity contribution in [2.24, 2.45) is 0 Å². The summed E-state index contributed by atoms with van der Waals surface area (Å²) in [5, 5.41) is 11.2. The van der Waals surface area contributed by atoms with E-state index in [1.807, 2.05) is 0 Å². The van der Waals surface area contributed by atoms with E-state index in [4.69, 9.17) is 5.11 Å². The molecule has 1 aromatic heterocycles. The van der Waals surface area contributed by atoms with E-state index in [0.717, 1.165) is 0 Å². The average Bonchev–Trinajstić information content (AvgIpc) is 2.18. The molecule has 1 heterocycles. The number of carbonyl (C=O) groups is 2. The Kier molecular flexibility index (Phi) is 3.22. The maximum absolute atomic E-state index is 11.2. The van der Waals surface area contributed by atoms with E-state index >= 15 is 0 Å². The standard InChI is InChI=1S/C9H11N3O3/c1-12(2)9(15)11-6-3-4-10-7(5-6)8(13)14/h3-5H,1-2H3,(H,13,14)(H,10,11,15). The minimum Gasteiger partial charge on any atom is -0.477 e. The van der Waals surface area contributed by atoms with Crippen LogP contribution in [0.5, 0.6) is 0 Å². The van der Waals surface area contributed by atoms with Crippen molar-refractivity contribution >= 4 is 17.7 Å². The third kappa shape index (κ3) is 2.94. The van der Waals surface area contributed by atoms with Gasteiger partial charge < -0.3 is 15.3 Å². The Balaban J connectivity index is 2.83. The van der Waals surface area contributed by atoms with Crippen LogP contribution in [0.3, 0.4) is 0 Å². The van der Waals surface area contributed by atoms with Crippen molar-refractivity contribution in [2.75, 3.05) is 19.4 Å². The van der Waals surface area contributed by atoms with E-state index in [0.29, 0.717) is 5.69 Å². The summed E-state index contributed by atoms with van der Waals surface area (Å²) in [7, 11) is 3.18. The minimum absolute atomic E-state index is 0.105. The summed E-state index contributed by atoms with van der Waals surface area (Å²) in [6, 6.07) is 2.50. The van der Waals surface area contributed by atoms with Gasteiger partial charge in [0, 0.05) is 26.0 Å². The first kappa shape index (κ1) is 11.0. The highest BCUT2D eigenvalue weighted by Gasteiger charge is 2.07. The molecule has 0 aliphatic rings. The van der Waals surface area contributed by atoms with Gasteiger partial charge in [0.1, 0.15) is 5.69 Å². The van der Waals surface area contributed by atoms with Gasteiger partial charge in [0.15, 0.2) is 0 Å². The van der Waals surface area contributed by atoms with Crippen molar-refractivity contribution < 1.29 is 14.7 Å². The number of carboxylic acid groups (broad SMARTS) is 1. The highest BCUT2D eigenvalue weighted by Crippen LogP contribution is 2.08. The number of carbonyl (C=O) groups excluding carboxylic acids is 1. The van der Waals surface area contributed by atoms with Gasteiger partial charge in [-0.25, -0.2) is 14.6 Å². The first-order valence-electron chi connectivity index (χ1n) is 4.18. The van der Waals surface area contributed by atoms with Crippen LogP contribution in [0.2, 0.25) is 0 Å². The van der Waals surface area contributed by atoms with Crippen LogP contribution in [0.1, 0.15) is 10.5 Å². The number of anilines is 1. The van der Waals surface area contributed by atoms with Crippen LogP contribution in [-0.2, 0) is 0 Å². The molecule has 1 rings (SSSR count). The normalized spacial score (nSPS) is 9.47. The van der Waals surface area contributed by atoms with Crippen molar-refractivity contribution in [1.29, 1.82) is 0 Å². The summed E-state index contributed by atoms with van der Waals surface area (Å²) in [6.45, 7) is 0. The maximum atomic E-state index is 11.2. The molecule has 0 unspecified atom stereocenters. The van der Waals surface area contributed by atoms with Crippen molar-refractivity contribution in [2.45, 2.75) is 0 Å². The van der Waals surface area contributed by atoms with E-state index in [9.17, 15) is 9.59 Å². The summed E-state index contributed by atoms with van der Waals surface area (Å²) < 4.78 is 0. The summed E-state index contributed by atoms with van der Waals surface area (Å²) in [5.41, 5.74) is 0.299. The number of amides is 2. The molecule has 0 fully saturated rings. The van der Waals surface area contributed by atoms with Gasteiger partial charge in [-0.3, -0.25) is 0 Å². The Hall–Kier alpha value is -2.11. The summed E-state index contributed by atoms with van der Waals surface area (Å²) in [4.78, 5) is 26.8. The van der Waals surface area contributed by atoms with Crippen molar-refractivity contribution in [1.82, 2.24) is 9.88 Å². The monoisotopic (exact) mass is 209 g/mol. The second-order valence-electron chi connectivity index (χ2n) is 3.06. The van der Waals surface area contributed by atoms with Gasteiger partial charge in [-0.05, 0) is 12.1 Å². The SMILES string of the molecule is CN(C)C(=O)Nc1ccnc(C(=O)O)c1. The Morgan fingerprint density at radius 3 is 2.67 bits per heavy atom. The van der Waals surface area contributed by atoms with E-state index in [1.165, 1.54) is 23.2 Å². The first-order chi connectivity index (χ1) is 7.00. The smallest absolute Gasteiger partial charge is 0.354 e. The molecule has 0 aromatic carbocycles. The Bertz CT molecular complexity index is 390. The van der Waals surface area contributed by atoms with Crippen molar-refractivity contribution in [3.8, 4) is 0 Å². The van der Waals surface area contributed by atoms with Crippen molar-refractivity contribution in [3.05, 3.63) is 24.0 Å². The lowest BCUT2D eigenvalue weighted by molar-refractivity contribution is 0.0690. The number of rotatable bonds is 2. The van der Waals surface area contributed by atoms with Crippen LogP contribution in [0, 0.1) is 0 Å². The van der Waals surface area contributed by atoms with Crippen LogP contribution in [0.15, 0.2) is 18.3 Å². The van der Waals surface area contributed by atoms with Gasteiger partial charge in [0.2, 0.25) is 0 Å². The summed E-state index contributed by atoms with van der Waals surface area (Å²) in [5.74, 6) is -1.13. The lowest BCUT2D eigenvalue weighted by Gasteiger charge is -2.11. The second kappa shape index (κ2) is 4.41. The van der Waals surface area contributed by atoms with Gasteiger partial charge in [0.05, 0.1) is 0 Å². The molecule has 2 amide bonds. The number of hydrogen-bond donors (Lipinski definition) is 2. The van der Waals surface area contributed by atoms with Crippen LogP contribution in [0.25, 0.3) is 0 Å². The Morgan fingerprint density at radius 1 is 1.47 bits per heavy atom. The predicted octanol–water partition coefficient (Wildman–Crippen LogP) is 0.873. The van der Waals surface area contributed by atoms with Crippen LogP contribution in [0.4, 0.5) is 10.5 Å². The maximum Gasteiger partial charge on any atom is 0.354 e. The molecule has 15 heavy (non-hydrogen) atoms. The molecule has 2 N–H and O–H groups in total. The summed E-state index contributed by atoms with van der Waals surface area (Å²) >= 11 is 0. The lowest BCUT2D eigenvalue weighted by atomic mass is 10.3. The quantitative estimate of drug-likeness (QED) is 0.757. The van der Waals surface area contributed by atoms with Gasteiger partial charge in [-0.2, -0.15) is 0 Å². The summed E-state index contributed by atoms with van der Waals surface area (Å²) in [6.07, 6.45) is 1.33. The lowest BCUT2D eigenvalue weighted by Crippen LogP contribution is -2.27. The second-order valence-corrected chi connectivity index (χ2v) is 3.06. The molecule has 6 nitrogen and oxygen atoms in total. The fraction of sp³-hybridized carbons (Fsp3) is 0.222. The number of urea groups is 1. The number of nitrogens with zero attached hydrogens (tertiary/aromatic N) is 2. The number of aromatic nitrogens is 1. The molecule has 0 bridgehead atoms. The fourth-order valence-corrected chi connectivity index (χ4v) is 0.861. The minimum atomic E-state index is -1.13. The number of aromatic carboxylic acids is 1. The van der Waals surface area contributed by atoms with Crippen LogP contribution >= 0.6 is 0 Å². The van der Waals surface area contributed by atoms with Crippen molar-refractivity contribution in [3.63, 3.8) is 0 Å². The molecular weight excluding hydrogens is 198 g/mol. The van der Waals surface area contributed by atoms with E-state index in [1.54, 1.807) is 14.1 Å². The molecule has 80 valence electrons. The number of pyridine rings is 1. The highest BCUT2D eigenvalue weighted by atomic mass is 16.4. The molecule has 0 radical (unpaired) electrons. The molecule has 0 aliphatic carbocycles. The fourth-order valence-electron chi connectivity index (χ4n) is 0.861. The molecule has 6 heteroatoms. The molecule has 0 aliphatic heterocycles. The Morgan fingerprint density at radius 2 is 2.13 bits per heavy atom. The van der Waals surface area contributed by atoms with Gasteiger partial charge in [0.25, 0.3) is 0 Å². The molecule has 0 atom stereocenters. The molecule has 0 spiro atoms. The van der Waals surface area contributed by atoms with E-state index in [2.05, 4.69) is 10.3 Å². The molecule has 0 saturated carbocycles. The van der Waals surface area contributed by atoms with Gasteiger partial charge in [-0.15, -0.1) is 0 Å². The Labute approximate surface area is 86.5 Å². The van der Waals surface area contributed by atoms with Gasteiger partial charge >= 0.3 is 12.0 Å². The van der Waals surface area contributed by atoms with Crippen LogP contribution < -0.4 is 5.32 Å². The molecule has 1 aromatic rings. The zero-order chi connectivity index (χ0) is 11.4. The number of carboxylic acids is 1. The van der Waals surface area contributed by atoms with E-state index < -0.39 is 5.97 Å². The van der Waals surface area contributed by atoms with Crippen LogP contribution in [-0.4, -0.2) is 41.1 Å². The third-order valence-electron chi connectivity index (χ3n) is 1.64. The third-order valence-corrected chi connectivity index (χ3v) is 1.64.